The zero-order valence-electron chi connectivity index (χ0n) is 15.7. The molecule has 10 heteroatoms. The van der Waals surface area contributed by atoms with E-state index >= 15 is 0 Å². The van der Waals surface area contributed by atoms with Gasteiger partial charge in [-0.3, -0.25) is 14.9 Å². The number of methoxy groups -OCH3 is 1. The molecule has 0 fully saturated rings. The smallest absolute Gasteiger partial charge is 0.311 e. The SMILES string of the molecule is COc1ccc(-c2nn(-c3ccccc3)cc2/C=C2\SC(N)=NC2=O)cc1[N+](=O)[O-]. The highest BCUT2D eigenvalue weighted by molar-refractivity contribution is 8.18. The number of thioether (sulfide) groups is 1. The summed E-state index contributed by atoms with van der Waals surface area (Å²) in [5, 5.41) is 16.2. The third-order valence-electron chi connectivity index (χ3n) is 4.34. The van der Waals surface area contributed by atoms with Gasteiger partial charge in [0, 0.05) is 23.4 Å². The highest BCUT2D eigenvalue weighted by Crippen LogP contribution is 2.35. The van der Waals surface area contributed by atoms with E-state index in [0.717, 1.165) is 17.4 Å². The van der Waals surface area contributed by atoms with E-state index in [2.05, 4.69) is 10.1 Å². The van der Waals surface area contributed by atoms with Crippen molar-refractivity contribution in [3.63, 3.8) is 0 Å². The first-order valence-electron chi connectivity index (χ1n) is 8.72. The molecule has 1 aliphatic rings. The van der Waals surface area contributed by atoms with Gasteiger partial charge in [0.05, 0.1) is 22.6 Å². The second-order valence-corrected chi connectivity index (χ2v) is 7.28. The number of aromatic nitrogens is 2. The summed E-state index contributed by atoms with van der Waals surface area (Å²) in [6.45, 7) is 0. The van der Waals surface area contributed by atoms with Crippen LogP contribution in [0.25, 0.3) is 23.0 Å². The number of benzene rings is 2. The second kappa shape index (κ2) is 7.84. The van der Waals surface area contributed by atoms with Crippen molar-refractivity contribution >= 4 is 34.6 Å². The van der Waals surface area contributed by atoms with Gasteiger partial charge in [-0.15, -0.1) is 0 Å². The molecule has 30 heavy (non-hydrogen) atoms. The van der Waals surface area contributed by atoms with E-state index in [1.54, 1.807) is 23.0 Å². The molecule has 0 unspecified atom stereocenters. The Kier molecular flexibility index (Phi) is 5.07. The number of amidine groups is 1. The molecule has 1 aliphatic heterocycles. The van der Waals surface area contributed by atoms with E-state index in [9.17, 15) is 14.9 Å². The Morgan fingerprint density at radius 2 is 2.00 bits per heavy atom. The highest BCUT2D eigenvalue weighted by Gasteiger charge is 2.23. The van der Waals surface area contributed by atoms with Gasteiger partial charge in [-0.2, -0.15) is 10.1 Å². The number of nitro benzene ring substituents is 1. The number of carbonyl (C=O) groups is 1. The minimum absolute atomic E-state index is 0.147. The Morgan fingerprint density at radius 3 is 2.63 bits per heavy atom. The predicted molar refractivity (Wildman–Crippen MR) is 114 cm³/mol. The van der Waals surface area contributed by atoms with Gasteiger partial charge in [0.25, 0.3) is 5.91 Å². The van der Waals surface area contributed by atoms with Crippen molar-refractivity contribution in [2.24, 2.45) is 10.7 Å². The lowest BCUT2D eigenvalue weighted by Gasteiger charge is -2.04. The van der Waals surface area contributed by atoms with Crippen LogP contribution in [0.5, 0.6) is 5.75 Å². The summed E-state index contributed by atoms with van der Waals surface area (Å²) in [5.41, 5.74) is 7.83. The van der Waals surface area contributed by atoms with Crippen LogP contribution >= 0.6 is 11.8 Å². The first-order valence-corrected chi connectivity index (χ1v) is 9.54. The lowest BCUT2D eigenvalue weighted by Crippen LogP contribution is -2.01. The maximum atomic E-state index is 12.1. The Morgan fingerprint density at radius 1 is 1.23 bits per heavy atom. The van der Waals surface area contributed by atoms with Crippen LogP contribution in [0.15, 0.2) is 64.6 Å². The summed E-state index contributed by atoms with van der Waals surface area (Å²) in [6.07, 6.45) is 3.38. The monoisotopic (exact) mass is 421 g/mol. The van der Waals surface area contributed by atoms with Crippen molar-refractivity contribution in [2.45, 2.75) is 0 Å². The van der Waals surface area contributed by atoms with E-state index in [4.69, 9.17) is 10.5 Å². The van der Waals surface area contributed by atoms with Crippen LogP contribution in [-0.2, 0) is 4.79 Å². The summed E-state index contributed by atoms with van der Waals surface area (Å²) < 4.78 is 6.72. The number of hydrogen-bond acceptors (Lipinski definition) is 7. The molecule has 0 spiro atoms. The Hall–Kier alpha value is -3.92. The molecule has 2 heterocycles. The van der Waals surface area contributed by atoms with E-state index in [1.807, 2.05) is 30.3 Å². The fourth-order valence-corrected chi connectivity index (χ4v) is 3.65. The molecule has 0 saturated carbocycles. The Labute approximate surface area is 175 Å². The number of para-hydroxylation sites is 1. The lowest BCUT2D eigenvalue weighted by molar-refractivity contribution is -0.385. The number of hydrogen-bond donors (Lipinski definition) is 1. The number of rotatable bonds is 5. The van der Waals surface area contributed by atoms with Crippen LogP contribution < -0.4 is 10.5 Å². The standard InChI is InChI=1S/C20H15N5O4S/c1-29-16-8-7-12(9-15(16)25(27)28)18-13(10-17-19(26)22-20(21)30-17)11-24(23-18)14-5-3-2-4-6-14/h2-11H,1H3,(H2,21,22,26)/b17-10-. The molecule has 1 aromatic heterocycles. The van der Waals surface area contributed by atoms with Crippen molar-refractivity contribution < 1.29 is 14.5 Å². The number of amides is 1. The molecule has 0 saturated heterocycles. The Bertz CT molecular complexity index is 1220. The maximum absolute atomic E-state index is 12.1. The van der Waals surface area contributed by atoms with Crippen LogP contribution in [-0.4, -0.2) is 32.9 Å². The predicted octanol–water partition coefficient (Wildman–Crippen LogP) is 3.39. The van der Waals surface area contributed by atoms with Crippen molar-refractivity contribution in [3.05, 3.63) is 75.3 Å². The van der Waals surface area contributed by atoms with Crippen molar-refractivity contribution in [2.75, 3.05) is 7.11 Å². The number of nitrogens with zero attached hydrogens (tertiary/aromatic N) is 4. The van der Waals surface area contributed by atoms with Gasteiger partial charge < -0.3 is 10.5 Å². The summed E-state index contributed by atoms with van der Waals surface area (Å²) in [4.78, 5) is 27.0. The van der Waals surface area contributed by atoms with Crippen molar-refractivity contribution in [1.82, 2.24) is 9.78 Å². The first-order chi connectivity index (χ1) is 14.5. The van der Waals surface area contributed by atoms with Crippen LogP contribution in [0.1, 0.15) is 5.56 Å². The molecule has 9 nitrogen and oxygen atoms in total. The number of carbonyl (C=O) groups excluding carboxylic acids is 1. The topological polar surface area (TPSA) is 126 Å². The number of ether oxygens (including phenoxy) is 1. The van der Waals surface area contributed by atoms with Gasteiger partial charge in [-0.25, -0.2) is 4.68 Å². The zero-order valence-corrected chi connectivity index (χ0v) is 16.5. The van der Waals surface area contributed by atoms with E-state index in [1.165, 1.54) is 19.2 Å². The average molecular weight is 421 g/mol. The quantitative estimate of drug-likeness (QED) is 0.380. The number of nitrogens with two attached hydrogens (primary N) is 1. The van der Waals surface area contributed by atoms with Gasteiger partial charge in [-0.1, -0.05) is 18.2 Å². The Balaban J connectivity index is 1.87. The van der Waals surface area contributed by atoms with Crippen LogP contribution in [0.4, 0.5) is 5.69 Å². The highest BCUT2D eigenvalue weighted by atomic mass is 32.2. The van der Waals surface area contributed by atoms with Gasteiger partial charge in [0.2, 0.25) is 0 Å². The molecule has 2 aromatic carbocycles. The minimum atomic E-state index is -0.514. The zero-order chi connectivity index (χ0) is 21.3. The third-order valence-corrected chi connectivity index (χ3v) is 5.15. The fourth-order valence-electron chi connectivity index (χ4n) is 2.98. The van der Waals surface area contributed by atoms with Gasteiger partial charge in [-0.05, 0) is 42.1 Å². The summed E-state index contributed by atoms with van der Waals surface area (Å²) >= 11 is 1.07. The van der Waals surface area contributed by atoms with Gasteiger partial charge in [0.1, 0.15) is 5.69 Å². The normalized spacial score (nSPS) is 14.8. The molecule has 0 aliphatic carbocycles. The molecular weight excluding hydrogens is 406 g/mol. The molecule has 0 radical (unpaired) electrons. The van der Waals surface area contributed by atoms with Crippen LogP contribution in [0.3, 0.4) is 0 Å². The van der Waals surface area contributed by atoms with Gasteiger partial charge in [0.15, 0.2) is 10.9 Å². The molecule has 3 aromatic rings. The average Bonchev–Trinajstić information content (AvgIpc) is 3.31. The number of aliphatic imine (C=N–C) groups is 1. The first kappa shape index (κ1) is 19.4. The molecule has 4 rings (SSSR count). The summed E-state index contributed by atoms with van der Waals surface area (Å²) in [7, 11) is 1.37. The fraction of sp³-hybridized carbons (Fsp3) is 0.0500. The van der Waals surface area contributed by atoms with Gasteiger partial charge >= 0.3 is 5.69 Å². The molecule has 150 valence electrons. The minimum Gasteiger partial charge on any atom is -0.490 e. The molecular formula is C20H15N5O4S. The maximum Gasteiger partial charge on any atom is 0.311 e. The third kappa shape index (κ3) is 3.67. The van der Waals surface area contributed by atoms with Crippen molar-refractivity contribution in [1.29, 1.82) is 0 Å². The van der Waals surface area contributed by atoms with Crippen molar-refractivity contribution in [3.8, 4) is 22.7 Å². The lowest BCUT2D eigenvalue weighted by atomic mass is 10.1. The molecule has 0 atom stereocenters. The summed E-state index contributed by atoms with van der Waals surface area (Å²) in [5.74, 6) is -0.287. The summed E-state index contributed by atoms with van der Waals surface area (Å²) in [6, 6.07) is 14.0. The van der Waals surface area contributed by atoms with E-state index in [-0.39, 0.29) is 16.6 Å². The largest absolute Gasteiger partial charge is 0.490 e. The van der Waals surface area contributed by atoms with Crippen LogP contribution in [0.2, 0.25) is 0 Å². The van der Waals surface area contributed by atoms with E-state index < -0.39 is 10.8 Å². The van der Waals surface area contributed by atoms with Crippen LogP contribution in [0, 0.1) is 10.1 Å². The number of nitro groups is 1. The van der Waals surface area contributed by atoms with E-state index in [0.29, 0.717) is 21.7 Å². The molecule has 0 bridgehead atoms. The second-order valence-electron chi connectivity index (χ2n) is 6.22. The molecule has 1 amide bonds. The molecule has 2 N–H and O–H groups in total.